The number of aliphatic hydroxyl groups is 1. The molecule has 0 saturated carbocycles. The van der Waals surface area contributed by atoms with Gasteiger partial charge in [0.2, 0.25) is 5.95 Å². The van der Waals surface area contributed by atoms with E-state index in [1.165, 1.54) is 28.1 Å². The molecule has 6 heterocycles. The number of nitrogens with two attached hydrogens (primary N) is 2. The summed E-state index contributed by atoms with van der Waals surface area (Å²) in [4.78, 5) is 34.7. The predicted octanol–water partition coefficient (Wildman–Crippen LogP) is 0.319. The summed E-state index contributed by atoms with van der Waals surface area (Å²) in [6, 6.07) is 0. The number of H-pyrrole nitrogens is 1. The highest BCUT2D eigenvalue weighted by Crippen LogP contribution is 2.43. The van der Waals surface area contributed by atoms with E-state index in [1.807, 2.05) is 0 Å². The third-order valence-corrected chi connectivity index (χ3v) is 8.56. The molecule has 23 heteroatoms. The van der Waals surface area contributed by atoms with Gasteiger partial charge < -0.3 is 39.6 Å². The number of aliphatic hydroxyl groups excluding tert-OH is 1. The van der Waals surface area contributed by atoms with Crippen molar-refractivity contribution in [2.24, 2.45) is 0 Å². The lowest BCUT2D eigenvalue weighted by atomic mass is 10.1. The number of imidazole rings is 2. The molecule has 43 heavy (non-hydrogen) atoms. The van der Waals surface area contributed by atoms with Gasteiger partial charge in [0.15, 0.2) is 56.5 Å². The minimum absolute atomic E-state index is 0.0293. The van der Waals surface area contributed by atoms with E-state index in [2.05, 4.69) is 42.2 Å². The van der Waals surface area contributed by atoms with Crippen molar-refractivity contribution in [2.75, 3.05) is 24.7 Å². The Bertz CT molecular complexity index is 1720. The number of nitrogen functional groups attached to an aromatic ring is 2. The smallest absolute Gasteiger partial charge is 0.280 e. The van der Waals surface area contributed by atoms with Gasteiger partial charge >= 0.3 is 0 Å². The number of nitrogens with one attached hydrogen (secondary N) is 1. The summed E-state index contributed by atoms with van der Waals surface area (Å²) >= 11 is 9.22. The topological polar surface area (TPSA) is 226 Å². The lowest BCUT2D eigenvalue weighted by molar-refractivity contribution is -0.0487. The highest BCUT2D eigenvalue weighted by molar-refractivity contribution is 8.54. The summed E-state index contributed by atoms with van der Waals surface area (Å²) in [7, 11) is -0.792. The van der Waals surface area contributed by atoms with Crippen LogP contribution in [-0.2, 0) is 34.9 Å². The van der Waals surface area contributed by atoms with Crippen LogP contribution < -0.4 is 17.0 Å². The number of rotatable bonds is 10. The molecular formula is C20H24F2N10O7P2S2. The number of aromatic amines is 1. The first kappa shape index (κ1) is 30.6. The second kappa shape index (κ2) is 12.5. The van der Waals surface area contributed by atoms with Crippen molar-refractivity contribution in [1.29, 1.82) is 0 Å². The average Bonchev–Trinajstić information content (AvgIpc) is 3.72. The number of ether oxygens (including phenoxy) is 2. The maximum atomic E-state index is 15.7. The molecule has 10 atom stereocenters. The van der Waals surface area contributed by atoms with Crippen LogP contribution in [0.25, 0.3) is 22.3 Å². The van der Waals surface area contributed by atoms with Gasteiger partial charge in [-0.1, -0.05) is 11.8 Å². The van der Waals surface area contributed by atoms with E-state index in [-0.39, 0.29) is 40.7 Å². The van der Waals surface area contributed by atoms with Crippen LogP contribution >= 0.6 is 27.4 Å². The molecule has 0 radical (unpaired) electrons. The maximum absolute atomic E-state index is 15.7. The molecule has 4 aromatic rings. The first-order valence-corrected chi connectivity index (χ1v) is 17.1. The van der Waals surface area contributed by atoms with E-state index < -0.39 is 76.5 Å². The maximum Gasteiger partial charge on any atom is 0.280 e. The van der Waals surface area contributed by atoms with E-state index >= 15 is 8.78 Å². The molecule has 6 rings (SSSR count). The fraction of sp³-hybridized carbons (Fsp3) is 0.500. The molecule has 4 aromatic heterocycles. The van der Waals surface area contributed by atoms with Crippen molar-refractivity contribution < 1.29 is 36.9 Å². The normalized spacial score (nSPS) is 30.3. The zero-order valence-corrected chi connectivity index (χ0v) is 25.3. The molecule has 0 bridgehead atoms. The van der Waals surface area contributed by atoms with Crippen molar-refractivity contribution in [2.45, 2.75) is 49.2 Å². The van der Waals surface area contributed by atoms with Crippen LogP contribution in [0.4, 0.5) is 20.5 Å². The number of nitrogens with zero attached hydrogens (tertiary/aromatic N) is 7. The summed E-state index contributed by atoms with van der Waals surface area (Å²) < 4.78 is 62.1. The Labute approximate surface area is 252 Å². The second-order valence-electron chi connectivity index (χ2n) is 9.38. The lowest BCUT2D eigenvalue weighted by Gasteiger charge is -2.22. The molecule has 2 aliphatic rings. The largest absolute Gasteiger partial charge is 0.394 e. The number of hydrogen-bond donors (Lipinski definition) is 5. The molecule has 2 fully saturated rings. The van der Waals surface area contributed by atoms with Crippen LogP contribution in [0.5, 0.6) is 0 Å². The van der Waals surface area contributed by atoms with E-state index in [4.69, 9.17) is 46.3 Å². The molecular weight excluding hydrogens is 656 g/mol. The standard InChI is InChI=1S/C20H24F2N10O7P2S2/c21-8-6(1-33)36-19(32-5-28-11-16(32)29-20(24)30-17(11)34)13(8)38-40-35-2-7-12(39-41(42)43)9(22)18(37-7)31-4-27-10-14(23)25-3-26-15(10)31/h3-9,12-13,18-19,33,40-41H,1-2H2,(H,42,43)(H2,23,25,26)(H3,24,29,30,34)/t6-,7?,8-,9+,12-,13-,18-,19-/m1/s1. The Kier molecular flexibility index (Phi) is 8.89. The number of halogens is 2. The van der Waals surface area contributed by atoms with E-state index in [0.29, 0.717) is 0 Å². The van der Waals surface area contributed by atoms with Crippen LogP contribution in [0.3, 0.4) is 0 Å². The Morgan fingerprint density at radius 1 is 1.07 bits per heavy atom. The third kappa shape index (κ3) is 5.74. The highest BCUT2D eigenvalue weighted by Gasteiger charge is 2.49. The number of thiol groups is 1. The lowest BCUT2D eigenvalue weighted by Crippen LogP contribution is -2.32. The first-order valence-electron chi connectivity index (χ1n) is 12.4. The van der Waals surface area contributed by atoms with Crippen molar-refractivity contribution in [3.8, 4) is 0 Å². The fourth-order valence-electron chi connectivity index (χ4n) is 4.89. The fourth-order valence-corrected chi connectivity index (χ4v) is 6.76. The van der Waals surface area contributed by atoms with Crippen LogP contribution in [0.1, 0.15) is 12.5 Å². The summed E-state index contributed by atoms with van der Waals surface area (Å²) in [5, 5.41) is 9.63. The molecule has 0 aromatic carbocycles. The minimum Gasteiger partial charge on any atom is -0.394 e. The molecule has 2 aliphatic heterocycles. The average molecular weight is 681 g/mol. The van der Waals surface area contributed by atoms with Gasteiger partial charge in [-0.15, -0.1) is 12.2 Å². The van der Waals surface area contributed by atoms with Gasteiger partial charge in [-0.25, -0.2) is 28.7 Å². The zero-order chi connectivity index (χ0) is 30.4. The number of hydrogen-bond acceptors (Lipinski definition) is 15. The van der Waals surface area contributed by atoms with Crippen LogP contribution in [0.15, 0.2) is 23.8 Å². The molecule has 0 spiro atoms. The minimum atomic E-state index is -2.07. The zero-order valence-electron chi connectivity index (χ0n) is 21.6. The molecule has 232 valence electrons. The first-order chi connectivity index (χ1) is 20.7. The third-order valence-electron chi connectivity index (χ3n) is 6.82. The Balaban J connectivity index is 1.16. The molecule has 6 N–H and O–H groups in total. The molecule has 3 unspecified atom stereocenters. The van der Waals surface area contributed by atoms with Crippen molar-refractivity contribution in [3.63, 3.8) is 0 Å². The number of fused-ring (bicyclic) bond motifs is 2. The van der Waals surface area contributed by atoms with Gasteiger partial charge in [0.1, 0.15) is 42.4 Å². The van der Waals surface area contributed by atoms with Gasteiger partial charge in [-0.2, -0.15) is 4.98 Å². The summed E-state index contributed by atoms with van der Waals surface area (Å²) in [6.07, 6.45) is -8.88. The Hall–Kier alpha value is -2.45. The summed E-state index contributed by atoms with van der Waals surface area (Å²) in [5.41, 5.74) is 11.4. The Morgan fingerprint density at radius 3 is 2.53 bits per heavy atom. The van der Waals surface area contributed by atoms with Gasteiger partial charge in [0.25, 0.3) is 5.56 Å². The van der Waals surface area contributed by atoms with Gasteiger partial charge in [0, 0.05) is 0 Å². The number of alkyl halides is 2. The van der Waals surface area contributed by atoms with Crippen molar-refractivity contribution >= 4 is 73.3 Å². The predicted molar refractivity (Wildman–Crippen MR) is 156 cm³/mol. The molecule has 17 nitrogen and oxygen atoms in total. The quantitative estimate of drug-likeness (QED) is 0.0864. The van der Waals surface area contributed by atoms with E-state index in [9.17, 15) is 9.90 Å². The van der Waals surface area contributed by atoms with Crippen molar-refractivity contribution in [1.82, 2.24) is 39.0 Å². The number of anilines is 2. The molecule has 0 amide bonds. The second-order valence-corrected chi connectivity index (χ2v) is 14.1. The number of aromatic nitrogens is 8. The van der Waals surface area contributed by atoms with E-state index in [1.54, 1.807) is 0 Å². The SMILES string of the molecule is Nc1nc2c(ncn2[C@@H]2O[C@H](CO)[C@@H](F)[C@H]2OPOCC2O[C@@H](n3cnc4c(N)ncnc43)[C@@H](F)[C@@H]2O[PH](=S)S)c(=O)[nH]1. The summed E-state index contributed by atoms with van der Waals surface area (Å²) in [6.45, 7) is -0.880. The monoisotopic (exact) mass is 680 g/mol. The van der Waals surface area contributed by atoms with Gasteiger partial charge in [0.05, 0.1) is 25.9 Å². The van der Waals surface area contributed by atoms with E-state index in [0.717, 1.165) is 0 Å². The van der Waals surface area contributed by atoms with Crippen LogP contribution in [-0.4, -0.2) is 94.1 Å². The van der Waals surface area contributed by atoms with Crippen molar-refractivity contribution in [3.05, 3.63) is 29.3 Å². The highest BCUT2D eigenvalue weighted by atomic mass is 32.9. The van der Waals surface area contributed by atoms with Crippen LogP contribution in [0, 0.1) is 0 Å². The Morgan fingerprint density at radius 2 is 1.79 bits per heavy atom. The molecule has 2 saturated heterocycles. The van der Waals surface area contributed by atoms with Crippen LogP contribution in [0.2, 0.25) is 0 Å². The molecule has 0 aliphatic carbocycles. The van der Waals surface area contributed by atoms with Gasteiger partial charge in [-0.3, -0.25) is 18.9 Å². The summed E-state index contributed by atoms with van der Waals surface area (Å²) in [5.74, 6) is -0.0641. The van der Waals surface area contributed by atoms with Gasteiger partial charge in [-0.05, 0) is 0 Å².